The summed E-state index contributed by atoms with van der Waals surface area (Å²) >= 11 is 0. The summed E-state index contributed by atoms with van der Waals surface area (Å²) in [5.74, 6) is -0.707. The van der Waals surface area contributed by atoms with Gasteiger partial charge in [-0.15, -0.1) is 0 Å². The molecular formula is C21H23FN4O2. The van der Waals surface area contributed by atoms with Gasteiger partial charge in [0.25, 0.3) is 11.5 Å². The number of aromatic nitrogens is 2. The van der Waals surface area contributed by atoms with Crippen molar-refractivity contribution in [3.05, 3.63) is 75.7 Å². The number of carbonyl (C=O) groups excluding carboxylic acids is 1. The van der Waals surface area contributed by atoms with Crippen LogP contribution in [-0.4, -0.2) is 22.1 Å². The number of fused-ring (bicyclic) bond motifs is 1. The van der Waals surface area contributed by atoms with Gasteiger partial charge < -0.3 is 10.7 Å². The van der Waals surface area contributed by atoms with E-state index >= 15 is 0 Å². The fourth-order valence-electron chi connectivity index (χ4n) is 3.19. The van der Waals surface area contributed by atoms with E-state index in [1.807, 2.05) is 6.92 Å². The first-order valence-corrected chi connectivity index (χ1v) is 9.23. The van der Waals surface area contributed by atoms with Crippen LogP contribution >= 0.6 is 0 Å². The van der Waals surface area contributed by atoms with Gasteiger partial charge in [0.05, 0.1) is 22.7 Å². The van der Waals surface area contributed by atoms with Crippen molar-refractivity contribution >= 4 is 16.7 Å². The molecule has 0 aliphatic heterocycles. The van der Waals surface area contributed by atoms with E-state index in [9.17, 15) is 14.0 Å². The van der Waals surface area contributed by atoms with Crippen molar-refractivity contribution < 1.29 is 9.18 Å². The molecule has 3 aromatic rings. The lowest BCUT2D eigenvalue weighted by molar-refractivity contribution is 0.0940. The number of hydrogen-bond donors (Lipinski definition) is 2. The van der Waals surface area contributed by atoms with Gasteiger partial charge in [-0.2, -0.15) is 0 Å². The van der Waals surface area contributed by atoms with Gasteiger partial charge in [-0.25, -0.2) is 9.07 Å². The van der Waals surface area contributed by atoms with Crippen LogP contribution in [-0.2, 0) is 0 Å². The van der Waals surface area contributed by atoms with Gasteiger partial charge in [0, 0.05) is 24.3 Å². The highest BCUT2D eigenvalue weighted by atomic mass is 19.1. The van der Waals surface area contributed by atoms with Crippen LogP contribution in [0.3, 0.4) is 0 Å². The van der Waals surface area contributed by atoms with Crippen LogP contribution in [0.25, 0.3) is 10.8 Å². The zero-order chi connectivity index (χ0) is 20.3. The molecule has 28 heavy (non-hydrogen) atoms. The first-order valence-electron chi connectivity index (χ1n) is 9.23. The second-order valence-corrected chi connectivity index (χ2v) is 6.68. The number of benzene rings is 1. The first kappa shape index (κ1) is 19.5. The molecule has 1 aromatic carbocycles. The Morgan fingerprint density at radius 1 is 1.29 bits per heavy atom. The van der Waals surface area contributed by atoms with Gasteiger partial charge in [-0.1, -0.05) is 19.1 Å². The van der Waals surface area contributed by atoms with Crippen LogP contribution in [0.5, 0.6) is 0 Å². The molecule has 0 bridgehead atoms. The summed E-state index contributed by atoms with van der Waals surface area (Å²) in [5.41, 5.74) is 4.37. The monoisotopic (exact) mass is 382 g/mol. The van der Waals surface area contributed by atoms with E-state index in [1.165, 1.54) is 29.2 Å². The van der Waals surface area contributed by atoms with E-state index in [0.29, 0.717) is 34.1 Å². The number of pyridine rings is 2. The molecule has 0 fully saturated rings. The molecule has 0 spiro atoms. The number of rotatable bonds is 6. The Labute approximate surface area is 162 Å². The number of nitrogens with zero attached hydrogens (tertiary/aromatic N) is 2. The van der Waals surface area contributed by atoms with Gasteiger partial charge >= 0.3 is 0 Å². The third-order valence-electron chi connectivity index (χ3n) is 4.66. The quantitative estimate of drug-likeness (QED) is 0.686. The maximum atomic E-state index is 13.5. The topological polar surface area (TPSA) is 76.0 Å². The fraction of sp³-hybridized carbons (Fsp3) is 0.286. The Hall–Kier alpha value is -3.22. The lowest BCUT2D eigenvalue weighted by atomic mass is 10.0. The van der Waals surface area contributed by atoms with Crippen LogP contribution in [0.4, 0.5) is 4.39 Å². The van der Waals surface area contributed by atoms with Crippen molar-refractivity contribution in [3.8, 4) is 0 Å². The molecule has 7 heteroatoms. The molecule has 1 unspecified atom stereocenters. The molecule has 0 radical (unpaired) electrons. The summed E-state index contributed by atoms with van der Waals surface area (Å²) in [7, 11) is 0. The number of amides is 1. The Kier molecular flexibility index (Phi) is 5.73. The zero-order valence-corrected chi connectivity index (χ0v) is 16.1. The van der Waals surface area contributed by atoms with E-state index < -0.39 is 6.04 Å². The van der Waals surface area contributed by atoms with E-state index in [-0.39, 0.29) is 17.3 Å². The lowest BCUT2D eigenvalue weighted by Gasteiger charge is -2.20. The summed E-state index contributed by atoms with van der Waals surface area (Å²) in [6.45, 7) is 6.09. The van der Waals surface area contributed by atoms with Crippen LogP contribution in [0.1, 0.15) is 47.9 Å². The summed E-state index contributed by atoms with van der Waals surface area (Å²) < 4.78 is 14.9. The smallest absolute Gasteiger partial charge is 0.277 e. The molecule has 0 aliphatic rings. The molecule has 0 saturated heterocycles. The second kappa shape index (κ2) is 8.21. The summed E-state index contributed by atoms with van der Waals surface area (Å²) in [5, 5.41) is 3.80. The van der Waals surface area contributed by atoms with Gasteiger partial charge in [0.15, 0.2) is 0 Å². The van der Waals surface area contributed by atoms with Crippen LogP contribution in [0, 0.1) is 12.7 Å². The Morgan fingerprint density at radius 3 is 2.79 bits per heavy atom. The zero-order valence-electron chi connectivity index (χ0n) is 16.1. The van der Waals surface area contributed by atoms with Crippen LogP contribution in [0.15, 0.2) is 47.5 Å². The molecule has 146 valence electrons. The molecule has 3 rings (SSSR count). The highest BCUT2D eigenvalue weighted by Crippen LogP contribution is 2.20. The molecule has 6 nitrogen and oxygen atoms in total. The minimum Gasteiger partial charge on any atom is -0.345 e. The highest BCUT2D eigenvalue weighted by molar-refractivity contribution is 6.07. The molecular weight excluding hydrogens is 359 g/mol. The number of carbonyl (C=O) groups is 1. The minimum absolute atomic E-state index is 0.224. The summed E-state index contributed by atoms with van der Waals surface area (Å²) in [6, 6.07) is 7.31. The van der Waals surface area contributed by atoms with Gasteiger partial charge in [-0.05, 0) is 44.0 Å². The average molecular weight is 382 g/mol. The van der Waals surface area contributed by atoms with Crippen molar-refractivity contribution in [3.63, 3.8) is 0 Å². The molecule has 0 aliphatic carbocycles. The standard InChI is InChI=1S/C21H23FN4O2/c1-4-9-24-26-14(3)19(18-12-23-10-8-17(18)21(26)28)20(27)25-13(2)15-6-5-7-16(22)11-15/h5-8,10-13,24H,4,9H2,1-3H3,(H,25,27). The third-order valence-corrected chi connectivity index (χ3v) is 4.66. The molecule has 2 N–H and O–H groups in total. The predicted molar refractivity (Wildman–Crippen MR) is 108 cm³/mol. The predicted octanol–water partition coefficient (Wildman–Crippen LogP) is 3.29. The van der Waals surface area contributed by atoms with Crippen molar-refractivity contribution in [1.29, 1.82) is 0 Å². The third kappa shape index (κ3) is 3.74. The number of hydrogen-bond acceptors (Lipinski definition) is 4. The fourth-order valence-corrected chi connectivity index (χ4v) is 3.19. The Balaban J connectivity index is 2.05. The van der Waals surface area contributed by atoms with Crippen LogP contribution in [0.2, 0.25) is 0 Å². The van der Waals surface area contributed by atoms with Crippen molar-refractivity contribution in [2.75, 3.05) is 12.0 Å². The normalized spacial score (nSPS) is 12.0. The largest absolute Gasteiger partial charge is 0.345 e. The summed E-state index contributed by atoms with van der Waals surface area (Å²) in [4.78, 5) is 30.0. The van der Waals surface area contributed by atoms with E-state index in [4.69, 9.17) is 0 Å². The Bertz CT molecular complexity index is 1080. The van der Waals surface area contributed by atoms with Crippen molar-refractivity contribution in [2.45, 2.75) is 33.2 Å². The molecule has 1 atom stereocenters. The SMILES string of the molecule is CCCNn1c(C)c(C(=O)NC(C)c2cccc(F)c2)c2cnccc2c1=O. The Morgan fingerprint density at radius 2 is 2.07 bits per heavy atom. The molecule has 2 aromatic heterocycles. The molecule has 0 saturated carbocycles. The first-order chi connectivity index (χ1) is 13.4. The molecule has 2 heterocycles. The van der Waals surface area contributed by atoms with Gasteiger partial charge in [0.2, 0.25) is 0 Å². The van der Waals surface area contributed by atoms with Gasteiger partial charge in [-0.3, -0.25) is 14.6 Å². The number of nitrogens with one attached hydrogen (secondary N) is 2. The minimum atomic E-state index is -0.404. The summed E-state index contributed by atoms with van der Waals surface area (Å²) in [6.07, 6.45) is 3.88. The number of halogens is 1. The second-order valence-electron chi connectivity index (χ2n) is 6.68. The van der Waals surface area contributed by atoms with Crippen molar-refractivity contribution in [2.24, 2.45) is 0 Å². The van der Waals surface area contributed by atoms with E-state index in [0.717, 1.165) is 6.42 Å². The van der Waals surface area contributed by atoms with Gasteiger partial charge in [0.1, 0.15) is 5.82 Å². The lowest BCUT2D eigenvalue weighted by Crippen LogP contribution is -2.35. The average Bonchev–Trinajstić information content (AvgIpc) is 2.68. The molecule has 1 amide bonds. The maximum Gasteiger partial charge on any atom is 0.277 e. The van der Waals surface area contributed by atoms with E-state index in [2.05, 4.69) is 15.7 Å². The highest BCUT2D eigenvalue weighted by Gasteiger charge is 2.21. The van der Waals surface area contributed by atoms with E-state index in [1.54, 1.807) is 32.0 Å². The van der Waals surface area contributed by atoms with Crippen molar-refractivity contribution in [1.82, 2.24) is 15.0 Å². The van der Waals surface area contributed by atoms with Crippen LogP contribution < -0.4 is 16.3 Å². The maximum absolute atomic E-state index is 13.5.